The molecule has 1 aromatic carbocycles. The van der Waals surface area contributed by atoms with Gasteiger partial charge >= 0.3 is 0 Å². The van der Waals surface area contributed by atoms with E-state index in [1.54, 1.807) is 0 Å². The van der Waals surface area contributed by atoms with Gasteiger partial charge in [0.15, 0.2) is 0 Å². The van der Waals surface area contributed by atoms with E-state index in [0.717, 1.165) is 0 Å². The first kappa shape index (κ1) is 11.7. The molecular weight excluding hydrogens is 194 g/mol. The lowest BCUT2D eigenvalue weighted by Gasteiger charge is -2.47. The maximum absolute atomic E-state index is 3.49. The van der Waals surface area contributed by atoms with Crippen LogP contribution < -0.4 is 5.32 Å². The SMILES string of the molecule is CNC1CC(C)(C)c2ccccc2C1(C)C. The van der Waals surface area contributed by atoms with E-state index >= 15 is 0 Å². The van der Waals surface area contributed by atoms with Gasteiger partial charge in [-0.15, -0.1) is 0 Å². The van der Waals surface area contributed by atoms with Crippen LogP contribution in [0.4, 0.5) is 0 Å². The summed E-state index contributed by atoms with van der Waals surface area (Å²) in [7, 11) is 2.08. The van der Waals surface area contributed by atoms with Crippen LogP contribution in [0.1, 0.15) is 45.2 Å². The molecule has 16 heavy (non-hydrogen) atoms. The first-order valence-electron chi connectivity index (χ1n) is 6.17. The second-order valence-electron chi connectivity index (χ2n) is 6.20. The Morgan fingerprint density at radius 1 is 1.06 bits per heavy atom. The minimum atomic E-state index is 0.223. The highest BCUT2D eigenvalue weighted by Gasteiger charge is 2.42. The molecule has 1 nitrogen and oxygen atoms in total. The van der Waals surface area contributed by atoms with Crippen LogP contribution in [0.5, 0.6) is 0 Å². The molecule has 0 fully saturated rings. The van der Waals surface area contributed by atoms with Crippen molar-refractivity contribution in [3.63, 3.8) is 0 Å². The second kappa shape index (κ2) is 3.59. The van der Waals surface area contributed by atoms with Crippen LogP contribution in [0, 0.1) is 0 Å². The Morgan fingerprint density at radius 3 is 2.19 bits per heavy atom. The van der Waals surface area contributed by atoms with E-state index < -0.39 is 0 Å². The van der Waals surface area contributed by atoms with E-state index in [2.05, 4.69) is 64.3 Å². The number of hydrogen-bond donors (Lipinski definition) is 1. The molecule has 0 saturated carbocycles. The van der Waals surface area contributed by atoms with Crippen LogP contribution in [0.2, 0.25) is 0 Å². The summed E-state index contributed by atoms with van der Waals surface area (Å²) in [6.45, 7) is 9.40. The molecule has 0 aromatic heterocycles. The Balaban J connectivity index is 2.60. The van der Waals surface area contributed by atoms with Crippen molar-refractivity contribution in [1.82, 2.24) is 5.32 Å². The summed E-state index contributed by atoms with van der Waals surface area (Å²) >= 11 is 0. The molecule has 0 bridgehead atoms. The maximum atomic E-state index is 3.49. The van der Waals surface area contributed by atoms with E-state index in [1.165, 1.54) is 17.5 Å². The quantitative estimate of drug-likeness (QED) is 0.761. The number of benzene rings is 1. The Kier molecular flexibility index (Phi) is 2.62. The second-order valence-corrected chi connectivity index (χ2v) is 6.20. The number of rotatable bonds is 1. The number of hydrogen-bond acceptors (Lipinski definition) is 1. The highest BCUT2D eigenvalue weighted by atomic mass is 14.9. The van der Waals surface area contributed by atoms with E-state index in [9.17, 15) is 0 Å². The van der Waals surface area contributed by atoms with E-state index in [4.69, 9.17) is 0 Å². The van der Waals surface area contributed by atoms with Crippen LogP contribution >= 0.6 is 0 Å². The average Bonchev–Trinajstić information content (AvgIpc) is 2.24. The predicted octanol–water partition coefficient (Wildman–Crippen LogP) is 3.23. The zero-order valence-electron chi connectivity index (χ0n) is 11.1. The molecule has 1 unspecified atom stereocenters. The van der Waals surface area contributed by atoms with Crippen molar-refractivity contribution in [3.8, 4) is 0 Å². The van der Waals surface area contributed by atoms with Crippen molar-refractivity contribution in [2.75, 3.05) is 7.05 Å². The van der Waals surface area contributed by atoms with Crippen LogP contribution in [-0.2, 0) is 10.8 Å². The fourth-order valence-corrected chi connectivity index (χ4v) is 3.16. The summed E-state index contributed by atoms with van der Waals surface area (Å²) in [5, 5.41) is 3.49. The van der Waals surface area contributed by atoms with E-state index in [0.29, 0.717) is 6.04 Å². The van der Waals surface area contributed by atoms with Crippen molar-refractivity contribution in [2.45, 2.75) is 51.0 Å². The molecule has 0 spiro atoms. The Morgan fingerprint density at radius 2 is 1.62 bits per heavy atom. The van der Waals surface area contributed by atoms with Crippen molar-refractivity contribution in [3.05, 3.63) is 35.4 Å². The molecule has 0 amide bonds. The van der Waals surface area contributed by atoms with Gasteiger partial charge in [-0.2, -0.15) is 0 Å². The van der Waals surface area contributed by atoms with Gasteiger partial charge in [0.2, 0.25) is 0 Å². The van der Waals surface area contributed by atoms with Gasteiger partial charge in [-0.3, -0.25) is 0 Å². The summed E-state index contributed by atoms with van der Waals surface area (Å²) in [5.41, 5.74) is 3.53. The molecule has 0 saturated heterocycles. The third kappa shape index (κ3) is 1.58. The van der Waals surface area contributed by atoms with Crippen molar-refractivity contribution < 1.29 is 0 Å². The van der Waals surface area contributed by atoms with E-state index in [-0.39, 0.29) is 10.8 Å². The van der Waals surface area contributed by atoms with Crippen molar-refractivity contribution in [1.29, 1.82) is 0 Å². The highest BCUT2D eigenvalue weighted by molar-refractivity contribution is 5.42. The first-order chi connectivity index (χ1) is 7.39. The number of fused-ring (bicyclic) bond motifs is 1. The van der Waals surface area contributed by atoms with Crippen molar-refractivity contribution >= 4 is 0 Å². The van der Waals surface area contributed by atoms with Crippen LogP contribution in [0.3, 0.4) is 0 Å². The van der Waals surface area contributed by atoms with Crippen LogP contribution in [-0.4, -0.2) is 13.1 Å². The topological polar surface area (TPSA) is 12.0 Å². The molecule has 1 aliphatic rings. The fraction of sp³-hybridized carbons (Fsp3) is 0.600. The molecule has 88 valence electrons. The molecule has 1 N–H and O–H groups in total. The third-order valence-electron chi connectivity index (χ3n) is 4.28. The van der Waals surface area contributed by atoms with E-state index in [1.807, 2.05) is 0 Å². The molecule has 1 aromatic rings. The first-order valence-corrected chi connectivity index (χ1v) is 6.17. The summed E-state index contributed by atoms with van der Waals surface area (Å²) in [5.74, 6) is 0. The largest absolute Gasteiger partial charge is 0.316 e. The lowest BCUT2D eigenvalue weighted by Crippen LogP contribution is -2.51. The zero-order chi connectivity index (χ0) is 12.0. The number of nitrogens with one attached hydrogen (secondary N) is 1. The molecule has 0 radical (unpaired) electrons. The molecule has 0 aliphatic heterocycles. The summed E-state index contributed by atoms with van der Waals surface area (Å²) in [4.78, 5) is 0. The normalized spacial score (nSPS) is 26.2. The molecule has 1 heteroatoms. The minimum Gasteiger partial charge on any atom is -0.316 e. The van der Waals surface area contributed by atoms with Crippen LogP contribution in [0.15, 0.2) is 24.3 Å². The Hall–Kier alpha value is -0.820. The molecule has 1 aliphatic carbocycles. The highest BCUT2D eigenvalue weighted by Crippen LogP contribution is 2.45. The van der Waals surface area contributed by atoms with Crippen LogP contribution in [0.25, 0.3) is 0 Å². The number of likely N-dealkylation sites (N-methyl/N-ethyl adjacent to an activating group) is 1. The standard InChI is InChI=1S/C15H23N/c1-14(2)10-13(16-5)15(3,4)12-9-7-6-8-11(12)14/h6-9,13,16H,10H2,1-5H3. The summed E-state index contributed by atoms with van der Waals surface area (Å²) in [6.07, 6.45) is 1.20. The molecule has 0 heterocycles. The maximum Gasteiger partial charge on any atom is 0.0164 e. The Bertz CT molecular complexity index is 390. The average molecular weight is 217 g/mol. The van der Waals surface area contributed by atoms with Gasteiger partial charge in [-0.05, 0) is 30.0 Å². The predicted molar refractivity (Wildman–Crippen MR) is 70.0 cm³/mol. The van der Waals surface area contributed by atoms with Gasteiger partial charge in [-0.25, -0.2) is 0 Å². The Labute approximate surface area is 99.3 Å². The lowest BCUT2D eigenvalue weighted by molar-refractivity contribution is 0.252. The minimum absolute atomic E-state index is 0.223. The van der Waals surface area contributed by atoms with Gasteiger partial charge in [0.25, 0.3) is 0 Å². The summed E-state index contributed by atoms with van der Waals surface area (Å²) < 4.78 is 0. The third-order valence-corrected chi connectivity index (χ3v) is 4.28. The molecule has 1 atom stereocenters. The smallest absolute Gasteiger partial charge is 0.0164 e. The molecular formula is C15H23N. The molecule has 2 rings (SSSR count). The zero-order valence-corrected chi connectivity index (χ0v) is 11.1. The van der Waals surface area contributed by atoms with Gasteiger partial charge in [0.1, 0.15) is 0 Å². The van der Waals surface area contributed by atoms with Gasteiger partial charge < -0.3 is 5.32 Å². The van der Waals surface area contributed by atoms with Crippen molar-refractivity contribution in [2.24, 2.45) is 0 Å². The van der Waals surface area contributed by atoms with Gasteiger partial charge in [-0.1, -0.05) is 52.0 Å². The lowest BCUT2D eigenvalue weighted by atomic mass is 9.60. The van der Waals surface area contributed by atoms with Gasteiger partial charge in [0, 0.05) is 11.5 Å². The fourth-order valence-electron chi connectivity index (χ4n) is 3.16. The van der Waals surface area contributed by atoms with Gasteiger partial charge in [0.05, 0.1) is 0 Å². The monoisotopic (exact) mass is 217 g/mol. The summed E-state index contributed by atoms with van der Waals surface area (Å²) in [6, 6.07) is 9.46.